The van der Waals surface area contributed by atoms with Crippen LogP contribution in [0.3, 0.4) is 0 Å². The van der Waals surface area contributed by atoms with Gasteiger partial charge in [-0.1, -0.05) is 35.9 Å². The van der Waals surface area contributed by atoms with Crippen molar-refractivity contribution in [2.75, 3.05) is 31.1 Å². The van der Waals surface area contributed by atoms with Gasteiger partial charge in [-0.05, 0) is 84.7 Å². The summed E-state index contributed by atoms with van der Waals surface area (Å²) in [4.78, 5) is 15.2. The molecule has 4 aromatic rings. The SMILES string of the molecule is Cc1cc(C)c(-n2c3ccccc3c3c(N(CCN4CCCC4)C(C)C)nc(C)nc32)c(C)c1. The van der Waals surface area contributed by atoms with Crippen molar-refractivity contribution in [1.82, 2.24) is 19.4 Å². The van der Waals surface area contributed by atoms with E-state index in [1.54, 1.807) is 0 Å². The highest BCUT2D eigenvalue weighted by molar-refractivity contribution is 6.13. The summed E-state index contributed by atoms with van der Waals surface area (Å²) in [6.07, 6.45) is 2.64. The summed E-state index contributed by atoms with van der Waals surface area (Å²) in [7, 11) is 0. The first kappa shape index (κ1) is 22.9. The van der Waals surface area contributed by atoms with Crippen molar-refractivity contribution in [2.24, 2.45) is 0 Å². The van der Waals surface area contributed by atoms with Gasteiger partial charge in [0.1, 0.15) is 11.6 Å². The lowest BCUT2D eigenvalue weighted by Gasteiger charge is -2.30. The van der Waals surface area contributed by atoms with E-state index in [9.17, 15) is 0 Å². The summed E-state index contributed by atoms with van der Waals surface area (Å²) in [5, 5.41) is 2.38. The molecule has 0 N–H and O–H groups in total. The molecule has 5 rings (SSSR count). The van der Waals surface area contributed by atoms with Crippen LogP contribution >= 0.6 is 0 Å². The second kappa shape index (κ2) is 9.03. The molecular formula is C29H37N5. The number of fused-ring (bicyclic) bond motifs is 3. The van der Waals surface area contributed by atoms with Gasteiger partial charge in [0.25, 0.3) is 0 Å². The van der Waals surface area contributed by atoms with E-state index in [4.69, 9.17) is 9.97 Å². The van der Waals surface area contributed by atoms with Crippen molar-refractivity contribution in [1.29, 1.82) is 0 Å². The molecule has 0 atom stereocenters. The zero-order valence-corrected chi connectivity index (χ0v) is 21.5. The lowest BCUT2D eigenvalue weighted by molar-refractivity contribution is 0.341. The summed E-state index contributed by atoms with van der Waals surface area (Å²) >= 11 is 0. The first-order valence-electron chi connectivity index (χ1n) is 12.7. The van der Waals surface area contributed by atoms with Crippen LogP contribution in [0.4, 0.5) is 5.82 Å². The number of anilines is 1. The average molecular weight is 456 g/mol. The molecule has 34 heavy (non-hydrogen) atoms. The zero-order valence-electron chi connectivity index (χ0n) is 21.5. The van der Waals surface area contributed by atoms with Gasteiger partial charge in [-0.2, -0.15) is 0 Å². The van der Waals surface area contributed by atoms with Gasteiger partial charge in [0.05, 0.1) is 16.6 Å². The van der Waals surface area contributed by atoms with Crippen molar-refractivity contribution in [3.8, 4) is 5.69 Å². The number of nitrogens with zero attached hydrogens (tertiary/aromatic N) is 5. The van der Waals surface area contributed by atoms with Crippen molar-refractivity contribution in [3.63, 3.8) is 0 Å². The fourth-order valence-corrected chi connectivity index (χ4v) is 5.76. The minimum Gasteiger partial charge on any atom is -0.352 e. The van der Waals surface area contributed by atoms with Gasteiger partial charge in [0.15, 0.2) is 5.65 Å². The van der Waals surface area contributed by atoms with Crippen LogP contribution in [0.2, 0.25) is 0 Å². The molecule has 1 aliphatic rings. The van der Waals surface area contributed by atoms with Crippen LogP contribution in [-0.4, -0.2) is 51.7 Å². The predicted molar refractivity (Wildman–Crippen MR) is 143 cm³/mol. The molecule has 1 aliphatic heterocycles. The maximum atomic E-state index is 5.07. The number of aryl methyl sites for hydroxylation is 4. The number of hydrogen-bond acceptors (Lipinski definition) is 4. The Bertz CT molecular complexity index is 1320. The molecule has 0 aliphatic carbocycles. The van der Waals surface area contributed by atoms with Crippen LogP contribution in [-0.2, 0) is 0 Å². The first-order valence-corrected chi connectivity index (χ1v) is 12.7. The third-order valence-electron chi connectivity index (χ3n) is 7.22. The van der Waals surface area contributed by atoms with Crippen molar-refractivity contribution >= 4 is 27.8 Å². The number of rotatable bonds is 6. The van der Waals surface area contributed by atoms with E-state index in [-0.39, 0.29) is 0 Å². The number of benzene rings is 2. The molecule has 1 saturated heterocycles. The Morgan fingerprint density at radius 3 is 2.29 bits per heavy atom. The predicted octanol–water partition coefficient (Wildman–Crippen LogP) is 6.12. The van der Waals surface area contributed by atoms with E-state index in [2.05, 4.69) is 85.4 Å². The molecule has 178 valence electrons. The minimum atomic E-state index is 0.352. The molecule has 0 unspecified atom stereocenters. The normalized spacial score (nSPS) is 14.7. The van der Waals surface area contributed by atoms with Gasteiger partial charge >= 0.3 is 0 Å². The van der Waals surface area contributed by atoms with Crippen LogP contribution in [0.5, 0.6) is 0 Å². The fourth-order valence-electron chi connectivity index (χ4n) is 5.76. The molecular weight excluding hydrogens is 418 g/mol. The number of aromatic nitrogens is 3. The quantitative estimate of drug-likeness (QED) is 0.351. The average Bonchev–Trinajstić information content (AvgIpc) is 3.40. The Kier molecular flexibility index (Phi) is 6.07. The van der Waals surface area contributed by atoms with E-state index in [0.29, 0.717) is 6.04 Å². The van der Waals surface area contributed by atoms with Crippen molar-refractivity contribution in [3.05, 3.63) is 58.9 Å². The second-order valence-corrected chi connectivity index (χ2v) is 10.2. The summed E-state index contributed by atoms with van der Waals surface area (Å²) in [6.45, 7) is 17.7. The molecule has 3 heterocycles. The highest BCUT2D eigenvalue weighted by Crippen LogP contribution is 2.38. The molecule has 0 spiro atoms. The molecule has 5 heteroatoms. The van der Waals surface area contributed by atoms with Crippen LogP contribution in [0, 0.1) is 27.7 Å². The maximum Gasteiger partial charge on any atom is 0.151 e. The van der Waals surface area contributed by atoms with Gasteiger partial charge in [-0.3, -0.25) is 4.57 Å². The highest BCUT2D eigenvalue weighted by atomic mass is 15.3. The summed E-state index contributed by atoms with van der Waals surface area (Å²) in [5.41, 5.74) is 7.26. The fraction of sp³-hybridized carbons (Fsp3) is 0.448. The first-order chi connectivity index (χ1) is 16.3. The van der Waals surface area contributed by atoms with Crippen molar-refractivity contribution in [2.45, 2.75) is 60.4 Å². The third kappa shape index (κ3) is 3.96. The lowest BCUT2D eigenvalue weighted by Crippen LogP contribution is -2.38. The van der Waals surface area contributed by atoms with Crippen LogP contribution in [0.15, 0.2) is 36.4 Å². The second-order valence-electron chi connectivity index (χ2n) is 10.2. The Balaban J connectivity index is 1.76. The Morgan fingerprint density at radius 2 is 1.62 bits per heavy atom. The van der Waals surface area contributed by atoms with E-state index >= 15 is 0 Å². The minimum absolute atomic E-state index is 0.352. The number of hydrogen-bond donors (Lipinski definition) is 0. The maximum absolute atomic E-state index is 5.07. The topological polar surface area (TPSA) is 37.2 Å². The van der Waals surface area contributed by atoms with Crippen LogP contribution in [0.25, 0.3) is 27.6 Å². The smallest absolute Gasteiger partial charge is 0.151 e. The lowest BCUT2D eigenvalue weighted by atomic mass is 10.0. The molecule has 0 bridgehead atoms. The van der Waals surface area contributed by atoms with Gasteiger partial charge < -0.3 is 9.80 Å². The van der Waals surface area contributed by atoms with E-state index < -0.39 is 0 Å². The monoisotopic (exact) mass is 455 g/mol. The number of likely N-dealkylation sites (tertiary alicyclic amines) is 1. The van der Waals surface area contributed by atoms with Crippen LogP contribution < -0.4 is 4.90 Å². The molecule has 2 aromatic heterocycles. The third-order valence-corrected chi connectivity index (χ3v) is 7.22. The van der Waals surface area contributed by atoms with E-state index in [1.807, 2.05) is 6.92 Å². The largest absolute Gasteiger partial charge is 0.352 e. The molecule has 0 saturated carbocycles. The van der Waals surface area contributed by atoms with Gasteiger partial charge in [0.2, 0.25) is 0 Å². The Hall–Kier alpha value is -2.92. The van der Waals surface area contributed by atoms with E-state index in [1.165, 1.54) is 59.2 Å². The molecule has 0 radical (unpaired) electrons. The Morgan fingerprint density at radius 1 is 0.941 bits per heavy atom. The van der Waals surface area contributed by atoms with Gasteiger partial charge in [-0.25, -0.2) is 9.97 Å². The molecule has 2 aromatic carbocycles. The zero-order chi connectivity index (χ0) is 24.0. The van der Waals surface area contributed by atoms with Crippen molar-refractivity contribution < 1.29 is 0 Å². The van der Waals surface area contributed by atoms with Gasteiger partial charge in [0, 0.05) is 24.5 Å². The summed E-state index contributed by atoms with van der Waals surface area (Å²) < 4.78 is 2.37. The summed E-state index contributed by atoms with van der Waals surface area (Å²) in [6, 6.07) is 13.6. The summed E-state index contributed by atoms with van der Waals surface area (Å²) in [5.74, 6) is 1.88. The van der Waals surface area contributed by atoms with E-state index in [0.717, 1.165) is 35.8 Å². The Labute approximate surface area is 203 Å². The number of para-hydroxylation sites is 1. The highest BCUT2D eigenvalue weighted by Gasteiger charge is 2.25. The van der Waals surface area contributed by atoms with Gasteiger partial charge in [-0.15, -0.1) is 0 Å². The standard InChI is InChI=1S/C29H37N5/c1-19(2)33(16-15-32-13-9-10-14-32)28-26-24-11-7-8-12-25(24)34(29(26)31-23(6)30-28)27-21(4)17-20(3)18-22(27)5/h7-8,11-12,17-19H,9-10,13-16H2,1-6H3. The molecule has 0 amide bonds. The molecule has 5 nitrogen and oxygen atoms in total. The van der Waals surface area contributed by atoms with Crippen LogP contribution in [0.1, 0.15) is 49.2 Å². The molecule has 1 fully saturated rings.